The first-order valence-corrected chi connectivity index (χ1v) is 12.0. The molecular formula is C27H29ClFN3O3. The van der Waals surface area contributed by atoms with Crippen molar-refractivity contribution >= 4 is 34.5 Å². The molecule has 0 spiro atoms. The molecule has 6 nitrogen and oxygen atoms in total. The van der Waals surface area contributed by atoms with Gasteiger partial charge in [0.15, 0.2) is 0 Å². The number of hydrogen-bond donors (Lipinski definition) is 0. The molecule has 3 aromatic rings. The van der Waals surface area contributed by atoms with Gasteiger partial charge >= 0.3 is 6.09 Å². The molecule has 0 radical (unpaired) electrons. The Morgan fingerprint density at radius 2 is 1.74 bits per heavy atom. The van der Waals surface area contributed by atoms with Gasteiger partial charge in [0.05, 0.1) is 22.6 Å². The van der Waals surface area contributed by atoms with E-state index in [-0.39, 0.29) is 23.6 Å². The van der Waals surface area contributed by atoms with E-state index in [4.69, 9.17) is 16.3 Å². The van der Waals surface area contributed by atoms with Gasteiger partial charge in [-0.15, -0.1) is 0 Å². The van der Waals surface area contributed by atoms with E-state index in [2.05, 4.69) is 4.98 Å². The highest BCUT2D eigenvalue weighted by Crippen LogP contribution is 2.30. The fraction of sp³-hybridized carbons (Fsp3) is 0.370. The molecule has 0 bridgehead atoms. The number of carbonyl (C=O) groups is 2. The first kappa shape index (κ1) is 24.9. The highest BCUT2D eigenvalue weighted by atomic mass is 35.5. The minimum absolute atomic E-state index is 0.238. The van der Waals surface area contributed by atoms with E-state index >= 15 is 4.39 Å². The van der Waals surface area contributed by atoms with Gasteiger partial charge in [0.2, 0.25) is 0 Å². The fourth-order valence-corrected chi connectivity index (χ4v) is 4.72. The van der Waals surface area contributed by atoms with Gasteiger partial charge in [-0.1, -0.05) is 23.7 Å². The monoisotopic (exact) mass is 497 g/mol. The number of nitrogens with zero attached hydrogens (tertiary/aromatic N) is 3. The maximum absolute atomic E-state index is 15.2. The van der Waals surface area contributed by atoms with E-state index in [1.165, 1.54) is 6.07 Å². The highest BCUT2D eigenvalue weighted by Gasteiger charge is 2.37. The third kappa shape index (κ3) is 5.25. The largest absolute Gasteiger partial charge is 0.444 e. The fourth-order valence-electron chi connectivity index (χ4n) is 4.51. The lowest BCUT2D eigenvalue weighted by molar-refractivity contribution is -0.0129. The molecule has 2 aromatic carbocycles. The molecule has 1 aliphatic rings. The van der Waals surface area contributed by atoms with Gasteiger partial charge in [-0.3, -0.25) is 14.7 Å². The molecule has 1 fully saturated rings. The van der Waals surface area contributed by atoms with Crippen molar-refractivity contribution in [2.45, 2.75) is 52.3 Å². The Morgan fingerprint density at radius 3 is 2.37 bits per heavy atom. The summed E-state index contributed by atoms with van der Waals surface area (Å²) in [6.07, 6.45) is 1.23. The number of benzene rings is 2. The molecule has 0 aliphatic carbocycles. The van der Waals surface area contributed by atoms with Crippen LogP contribution in [-0.4, -0.2) is 57.6 Å². The topological polar surface area (TPSA) is 62.7 Å². The summed E-state index contributed by atoms with van der Waals surface area (Å²) in [5, 5.41) is 1.27. The van der Waals surface area contributed by atoms with Crippen LogP contribution >= 0.6 is 11.6 Å². The predicted molar refractivity (Wildman–Crippen MR) is 135 cm³/mol. The van der Waals surface area contributed by atoms with Gasteiger partial charge in [0, 0.05) is 35.8 Å². The summed E-state index contributed by atoms with van der Waals surface area (Å²) in [5.41, 5.74) is 1.41. The second kappa shape index (κ2) is 9.46. The summed E-state index contributed by atoms with van der Waals surface area (Å²) < 4.78 is 20.7. The Bertz CT molecular complexity index is 1280. The van der Waals surface area contributed by atoms with Gasteiger partial charge in [0.1, 0.15) is 11.4 Å². The zero-order valence-electron chi connectivity index (χ0n) is 20.5. The van der Waals surface area contributed by atoms with E-state index in [0.717, 1.165) is 10.9 Å². The number of amides is 2. The minimum atomic E-state index is -0.602. The van der Waals surface area contributed by atoms with E-state index in [1.54, 1.807) is 52.4 Å². The molecular weight excluding hydrogens is 469 g/mol. The standard InChI is InChI=1S/C27H29ClFN3O3/c1-16-14-31(15-17(2)32(16)26(34)35-27(3,4)5)25(33)19-6-8-20(23(29)13-19)18-7-9-24-21(12-18)22(28)10-11-30-24/h6-13,16-17H,14-15H2,1-5H3/t16-,17+. The van der Waals surface area contributed by atoms with Crippen molar-refractivity contribution in [2.75, 3.05) is 13.1 Å². The number of fused-ring (bicyclic) bond motifs is 1. The molecule has 35 heavy (non-hydrogen) atoms. The molecule has 2 heterocycles. The average molecular weight is 498 g/mol. The zero-order chi connectivity index (χ0) is 25.5. The van der Waals surface area contributed by atoms with E-state index in [1.807, 2.05) is 34.6 Å². The second-order valence-electron chi connectivity index (χ2n) is 10.0. The van der Waals surface area contributed by atoms with E-state index in [0.29, 0.717) is 29.2 Å². The zero-order valence-corrected chi connectivity index (χ0v) is 21.3. The van der Waals surface area contributed by atoms with Crippen molar-refractivity contribution in [3.8, 4) is 11.1 Å². The van der Waals surface area contributed by atoms with Gasteiger partial charge in [-0.25, -0.2) is 9.18 Å². The van der Waals surface area contributed by atoms with Crippen molar-refractivity contribution in [1.82, 2.24) is 14.8 Å². The molecule has 1 aliphatic heterocycles. The van der Waals surface area contributed by atoms with Crippen molar-refractivity contribution in [2.24, 2.45) is 0 Å². The molecule has 0 saturated carbocycles. The number of halogens is 2. The lowest BCUT2D eigenvalue weighted by Gasteiger charge is -2.44. The summed E-state index contributed by atoms with van der Waals surface area (Å²) in [5.74, 6) is -0.771. The Labute approximate surface area is 209 Å². The Morgan fingerprint density at radius 1 is 1.06 bits per heavy atom. The third-order valence-corrected chi connectivity index (χ3v) is 6.36. The Balaban J connectivity index is 1.53. The molecule has 184 valence electrons. The van der Waals surface area contributed by atoms with Crippen LogP contribution in [0.5, 0.6) is 0 Å². The van der Waals surface area contributed by atoms with Gasteiger partial charge in [0.25, 0.3) is 5.91 Å². The number of piperazine rings is 1. The quantitative estimate of drug-likeness (QED) is 0.425. The second-order valence-corrected chi connectivity index (χ2v) is 10.4. The van der Waals surface area contributed by atoms with E-state index < -0.39 is 17.5 Å². The first-order valence-electron chi connectivity index (χ1n) is 11.6. The van der Waals surface area contributed by atoms with Gasteiger partial charge in [-0.2, -0.15) is 0 Å². The van der Waals surface area contributed by atoms with Crippen molar-refractivity contribution in [1.29, 1.82) is 0 Å². The smallest absolute Gasteiger partial charge is 0.410 e. The third-order valence-electron chi connectivity index (χ3n) is 6.03. The highest BCUT2D eigenvalue weighted by molar-refractivity contribution is 6.35. The summed E-state index contributed by atoms with van der Waals surface area (Å²) in [7, 11) is 0. The number of pyridine rings is 1. The molecule has 2 atom stereocenters. The average Bonchev–Trinajstić information content (AvgIpc) is 2.77. The summed E-state index contributed by atoms with van der Waals surface area (Å²) in [6, 6.07) is 11.1. The van der Waals surface area contributed by atoms with Crippen LogP contribution in [0.1, 0.15) is 45.0 Å². The number of hydrogen-bond acceptors (Lipinski definition) is 4. The van der Waals surface area contributed by atoms with Crippen LogP contribution in [0.3, 0.4) is 0 Å². The van der Waals surface area contributed by atoms with Crippen LogP contribution < -0.4 is 0 Å². The predicted octanol–water partition coefficient (Wildman–Crippen LogP) is 6.16. The van der Waals surface area contributed by atoms with Crippen LogP contribution in [0.15, 0.2) is 48.7 Å². The molecule has 1 aromatic heterocycles. The van der Waals surface area contributed by atoms with Crippen LogP contribution in [0, 0.1) is 5.82 Å². The van der Waals surface area contributed by atoms with Gasteiger partial charge < -0.3 is 9.64 Å². The molecule has 1 saturated heterocycles. The Kier molecular flexibility index (Phi) is 6.73. The number of aromatic nitrogens is 1. The molecule has 2 amide bonds. The lowest BCUT2D eigenvalue weighted by Crippen LogP contribution is -2.60. The van der Waals surface area contributed by atoms with Crippen molar-refractivity contribution in [3.05, 3.63) is 65.1 Å². The van der Waals surface area contributed by atoms with Crippen LogP contribution in [0.2, 0.25) is 5.02 Å². The maximum atomic E-state index is 15.2. The lowest BCUT2D eigenvalue weighted by atomic mass is 10.00. The van der Waals surface area contributed by atoms with Crippen molar-refractivity contribution in [3.63, 3.8) is 0 Å². The maximum Gasteiger partial charge on any atom is 0.410 e. The molecule has 0 N–H and O–H groups in total. The van der Waals surface area contributed by atoms with Crippen LogP contribution in [0.25, 0.3) is 22.0 Å². The number of ether oxygens (including phenoxy) is 1. The molecule has 4 rings (SSSR count). The summed E-state index contributed by atoms with van der Waals surface area (Å²) in [6.45, 7) is 9.89. The van der Waals surface area contributed by atoms with Crippen LogP contribution in [0.4, 0.5) is 9.18 Å². The molecule has 8 heteroatoms. The molecule has 0 unspecified atom stereocenters. The minimum Gasteiger partial charge on any atom is -0.444 e. The summed E-state index contributed by atoms with van der Waals surface area (Å²) in [4.78, 5) is 33.5. The number of carbonyl (C=O) groups excluding carboxylic acids is 2. The normalized spacial score (nSPS) is 18.6. The van der Waals surface area contributed by atoms with E-state index in [9.17, 15) is 9.59 Å². The summed E-state index contributed by atoms with van der Waals surface area (Å²) >= 11 is 6.28. The SMILES string of the molecule is C[C@@H]1CN(C(=O)c2ccc(-c3ccc4nccc(Cl)c4c3)c(F)c2)C[C@H](C)N1C(=O)OC(C)(C)C. The Hall–Kier alpha value is -3.19. The number of rotatable bonds is 2. The van der Waals surface area contributed by atoms with Gasteiger partial charge in [-0.05, 0) is 70.5 Å². The van der Waals surface area contributed by atoms with Crippen molar-refractivity contribution < 1.29 is 18.7 Å². The first-order chi connectivity index (χ1) is 16.4. The van der Waals surface area contributed by atoms with Crippen LogP contribution in [-0.2, 0) is 4.74 Å².